The van der Waals surface area contributed by atoms with E-state index in [-0.39, 0.29) is 22.3 Å². The van der Waals surface area contributed by atoms with Gasteiger partial charge < -0.3 is 5.32 Å². The second-order valence-electron chi connectivity index (χ2n) is 6.54. The highest BCUT2D eigenvalue weighted by Gasteiger charge is 2.39. The van der Waals surface area contributed by atoms with Gasteiger partial charge in [-0.15, -0.1) is 11.8 Å². The summed E-state index contributed by atoms with van der Waals surface area (Å²) in [5, 5.41) is 3.92. The number of thioether (sulfide) groups is 1. The summed E-state index contributed by atoms with van der Waals surface area (Å²) in [5.41, 5.74) is 0.189. The van der Waals surface area contributed by atoms with E-state index in [2.05, 4.69) is 26.1 Å². The van der Waals surface area contributed by atoms with Crippen molar-refractivity contribution in [1.82, 2.24) is 5.32 Å². The predicted molar refractivity (Wildman–Crippen MR) is 85.7 cm³/mol. The summed E-state index contributed by atoms with van der Waals surface area (Å²) >= 11 is 1.49. The van der Waals surface area contributed by atoms with Crippen LogP contribution in [-0.4, -0.2) is 17.8 Å². The van der Waals surface area contributed by atoms with Crippen LogP contribution in [0.1, 0.15) is 46.5 Å². The molecule has 2 atom stereocenters. The molecule has 0 saturated heterocycles. The third kappa shape index (κ3) is 4.19. The van der Waals surface area contributed by atoms with E-state index >= 15 is 0 Å². The number of benzene rings is 1. The molecule has 21 heavy (non-hydrogen) atoms. The molecule has 0 aromatic heterocycles. The first-order valence-electron chi connectivity index (χ1n) is 7.79. The van der Waals surface area contributed by atoms with Crippen LogP contribution in [0.25, 0.3) is 0 Å². The van der Waals surface area contributed by atoms with E-state index in [0.717, 1.165) is 25.8 Å². The lowest BCUT2D eigenvalue weighted by Crippen LogP contribution is -2.51. The maximum absolute atomic E-state index is 13.9. The molecule has 0 spiro atoms. The van der Waals surface area contributed by atoms with Crippen LogP contribution in [0.4, 0.5) is 8.78 Å². The average molecular weight is 313 g/mol. The Bertz CT molecular complexity index is 476. The van der Waals surface area contributed by atoms with Gasteiger partial charge in [-0.3, -0.25) is 0 Å². The van der Waals surface area contributed by atoms with Crippen molar-refractivity contribution in [2.24, 2.45) is 5.41 Å². The maximum Gasteiger partial charge on any atom is 0.136 e. The van der Waals surface area contributed by atoms with Crippen LogP contribution in [0.15, 0.2) is 23.1 Å². The van der Waals surface area contributed by atoms with Crippen molar-refractivity contribution in [3.8, 4) is 0 Å². The number of hydrogen-bond acceptors (Lipinski definition) is 2. The first-order chi connectivity index (χ1) is 9.94. The number of rotatable bonds is 5. The van der Waals surface area contributed by atoms with Gasteiger partial charge in [-0.25, -0.2) is 8.78 Å². The second kappa shape index (κ2) is 7.10. The molecular formula is C17H25F2NS. The summed E-state index contributed by atoms with van der Waals surface area (Å²) in [7, 11) is 0. The van der Waals surface area contributed by atoms with E-state index in [1.807, 2.05) is 0 Å². The van der Waals surface area contributed by atoms with Gasteiger partial charge >= 0.3 is 0 Å². The highest BCUT2D eigenvalue weighted by Crippen LogP contribution is 2.43. The fourth-order valence-electron chi connectivity index (χ4n) is 3.15. The monoisotopic (exact) mass is 313 g/mol. The lowest BCUT2D eigenvalue weighted by molar-refractivity contribution is 0.175. The largest absolute Gasteiger partial charge is 0.312 e. The quantitative estimate of drug-likeness (QED) is 0.820. The highest BCUT2D eigenvalue weighted by molar-refractivity contribution is 8.00. The first-order valence-corrected chi connectivity index (χ1v) is 8.67. The molecule has 0 radical (unpaired) electrons. The van der Waals surface area contributed by atoms with E-state index in [4.69, 9.17) is 0 Å². The van der Waals surface area contributed by atoms with Gasteiger partial charge in [0.25, 0.3) is 0 Å². The van der Waals surface area contributed by atoms with Crippen molar-refractivity contribution in [3.05, 3.63) is 29.8 Å². The summed E-state index contributed by atoms with van der Waals surface area (Å²) < 4.78 is 27.2. The molecule has 4 heteroatoms. The Hall–Kier alpha value is -0.610. The zero-order valence-corrected chi connectivity index (χ0v) is 13.9. The molecule has 0 amide bonds. The Morgan fingerprint density at radius 2 is 2.10 bits per heavy atom. The van der Waals surface area contributed by atoms with E-state index in [9.17, 15) is 8.78 Å². The zero-order chi connectivity index (χ0) is 15.5. The van der Waals surface area contributed by atoms with Gasteiger partial charge in [0.15, 0.2) is 0 Å². The topological polar surface area (TPSA) is 12.0 Å². The minimum absolute atomic E-state index is 0.189. The van der Waals surface area contributed by atoms with Gasteiger partial charge in [0, 0.05) is 16.2 Å². The van der Waals surface area contributed by atoms with Gasteiger partial charge in [0.2, 0.25) is 0 Å². The molecule has 0 heterocycles. The Morgan fingerprint density at radius 1 is 1.33 bits per heavy atom. The summed E-state index contributed by atoms with van der Waals surface area (Å²) in [6.45, 7) is 7.66. The zero-order valence-electron chi connectivity index (χ0n) is 13.1. The normalized spacial score (nSPS) is 25.0. The standard InChI is InChI=1S/C17H25F2NS/c1-4-10-20-16-14(6-5-9-17(16,2)3)21-15-11-12(18)7-8-13(15)19/h7-8,11,14,16,20H,4-6,9-10H2,1-3H3. The summed E-state index contributed by atoms with van der Waals surface area (Å²) in [6, 6.07) is 4.05. The molecule has 1 fully saturated rings. The van der Waals surface area contributed by atoms with Gasteiger partial charge in [-0.2, -0.15) is 0 Å². The van der Waals surface area contributed by atoms with E-state index < -0.39 is 0 Å². The van der Waals surface area contributed by atoms with Crippen molar-refractivity contribution in [1.29, 1.82) is 0 Å². The van der Waals surface area contributed by atoms with E-state index in [0.29, 0.717) is 10.9 Å². The van der Waals surface area contributed by atoms with Gasteiger partial charge in [0.05, 0.1) is 0 Å². The summed E-state index contributed by atoms with van der Waals surface area (Å²) in [6.07, 6.45) is 4.45. The smallest absolute Gasteiger partial charge is 0.136 e. The SMILES string of the molecule is CCCNC1C(Sc2cc(F)ccc2F)CCCC1(C)C. The van der Waals surface area contributed by atoms with Gasteiger partial charge in [-0.05, 0) is 49.4 Å². The van der Waals surface area contributed by atoms with Crippen LogP contribution < -0.4 is 5.32 Å². The van der Waals surface area contributed by atoms with Crippen molar-refractivity contribution in [3.63, 3.8) is 0 Å². The fraction of sp³-hybridized carbons (Fsp3) is 0.647. The molecule has 1 aliphatic carbocycles. The lowest BCUT2D eigenvalue weighted by Gasteiger charge is -2.44. The molecule has 1 saturated carbocycles. The molecule has 2 rings (SSSR count). The molecule has 0 bridgehead atoms. The minimum atomic E-state index is -0.368. The predicted octanol–water partition coefficient (Wildman–Crippen LogP) is 5.00. The van der Waals surface area contributed by atoms with Gasteiger partial charge in [-0.1, -0.05) is 27.2 Å². The second-order valence-corrected chi connectivity index (χ2v) is 7.82. The van der Waals surface area contributed by atoms with Crippen LogP contribution >= 0.6 is 11.8 Å². The van der Waals surface area contributed by atoms with E-state index in [1.165, 1.54) is 36.4 Å². The van der Waals surface area contributed by atoms with E-state index in [1.54, 1.807) is 0 Å². The molecular weight excluding hydrogens is 288 g/mol. The summed E-state index contributed by atoms with van der Waals surface area (Å²) in [4.78, 5) is 0.431. The Morgan fingerprint density at radius 3 is 2.81 bits per heavy atom. The Balaban J connectivity index is 2.17. The number of nitrogens with one attached hydrogen (secondary N) is 1. The van der Waals surface area contributed by atoms with Gasteiger partial charge in [0.1, 0.15) is 11.6 Å². The van der Waals surface area contributed by atoms with Crippen molar-refractivity contribution in [2.45, 2.75) is 62.6 Å². The number of hydrogen-bond donors (Lipinski definition) is 1. The average Bonchev–Trinajstić information content (AvgIpc) is 2.41. The lowest BCUT2D eigenvalue weighted by atomic mass is 9.73. The third-order valence-corrected chi connectivity index (χ3v) is 5.69. The molecule has 2 unspecified atom stereocenters. The number of halogens is 2. The maximum atomic E-state index is 13.9. The molecule has 118 valence electrons. The van der Waals surface area contributed by atoms with Crippen molar-refractivity contribution >= 4 is 11.8 Å². The Labute approximate surface area is 130 Å². The van der Waals surface area contributed by atoms with Crippen LogP contribution in [0.2, 0.25) is 0 Å². The van der Waals surface area contributed by atoms with Crippen LogP contribution in [-0.2, 0) is 0 Å². The third-order valence-electron chi connectivity index (χ3n) is 4.31. The molecule has 1 aromatic rings. The van der Waals surface area contributed by atoms with Crippen LogP contribution in [0, 0.1) is 17.0 Å². The summed E-state index contributed by atoms with van der Waals surface area (Å²) in [5.74, 6) is -0.689. The van der Waals surface area contributed by atoms with Crippen LogP contribution in [0.3, 0.4) is 0 Å². The first kappa shape index (κ1) is 16.8. The molecule has 1 nitrogen and oxygen atoms in total. The van der Waals surface area contributed by atoms with Crippen LogP contribution in [0.5, 0.6) is 0 Å². The fourth-order valence-corrected chi connectivity index (χ4v) is 4.72. The van der Waals surface area contributed by atoms with Crippen molar-refractivity contribution < 1.29 is 8.78 Å². The molecule has 0 aliphatic heterocycles. The Kier molecular flexibility index (Phi) is 5.67. The highest BCUT2D eigenvalue weighted by atomic mass is 32.2. The molecule has 1 aliphatic rings. The molecule has 1 N–H and O–H groups in total. The molecule has 1 aromatic carbocycles. The van der Waals surface area contributed by atoms with Crippen molar-refractivity contribution in [2.75, 3.05) is 6.54 Å². The minimum Gasteiger partial charge on any atom is -0.312 e.